The third-order valence-electron chi connectivity index (χ3n) is 2.68. The van der Waals surface area contributed by atoms with E-state index in [4.69, 9.17) is 0 Å². The standard InChI is InChI=1S/C10H13NO5S2/c12-10-7-17(13,14)6-9(10)11-18(15,16)8-4-2-1-3-5-8/h1-5,9-12H,6-7H2/t9-,10-/m1/s1. The van der Waals surface area contributed by atoms with Crippen LogP contribution in [-0.2, 0) is 19.9 Å². The molecular formula is C10H13NO5S2. The van der Waals surface area contributed by atoms with Gasteiger partial charge in [-0.2, -0.15) is 0 Å². The minimum Gasteiger partial charge on any atom is -0.390 e. The zero-order chi connectivity index (χ0) is 13.4. The zero-order valence-electron chi connectivity index (χ0n) is 9.35. The third-order valence-corrected chi connectivity index (χ3v) is 5.90. The molecule has 0 bridgehead atoms. The molecule has 18 heavy (non-hydrogen) atoms. The fourth-order valence-electron chi connectivity index (χ4n) is 1.81. The van der Waals surface area contributed by atoms with Crippen molar-refractivity contribution in [3.63, 3.8) is 0 Å². The Morgan fingerprint density at radius 3 is 2.28 bits per heavy atom. The highest BCUT2D eigenvalue weighted by Gasteiger charge is 2.38. The lowest BCUT2D eigenvalue weighted by Crippen LogP contribution is -2.42. The number of rotatable bonds is 3. The molecule has 0 amide bonds. The molecule has 100 valence electrons. The lowest BCUT2D eigenvalue weighted by molar-refractivity contribution is 0.176. The molecule has 1 aliphatic rings. The van der Waals surface area contributed by atoms with Crippen LogP contribution in [0.1, 0.15) is 0 Å². The SMILES string of the molecule is O=S1(=O)C[C@@H](O)[C@H](NS(=O)(=O)c2ccccc2)C1. The van der Waals surface area contributed by atoms with E-state index in [0.29, 0.717) is 0 Å². The van der Waals surface area contributed by atoms with E-state index >= 15 is 0 Å². The minimum absolute atomic E-state index is 0.0431. The van der Waals surface area contributed by atoms with Crippen LogP contribution in [0.15, 0.2) is 35.2 Å². The summed E-state index contributed by atoms with van der Waals surface area (Å²) in [6.07, 6.45) is -1.20. The maximum Gasteiger partial charge on any atom is 0.240 e. The third kappa shape index (κ3) is 2.89. The van der Waals surface area contributed by atoms with Crippen LogP contribution in [0.4, 0.5) is 0 Å². The molecule has 2 rings (SSSR count). The first kappa shape index (κ1) is 13.5. The van der Waals surface area contributed by atoms with Crippen LogP contribution < -0.4 is 4.72 Å². The Hall–Kier alpha value is -0.960. The van der Waals surface area contributed by atoms with E-state index < -0.39 is 37.8 Å². The highest BCUT2D eigenvalue weighted by molar-refractivity contribution is 7.92. The van der Waals surface area contributed by atoms with E-state index in [1.807, 2.05) is 0 Å². The quantitative estimate of drug-likeness (QED) is 0.753. The van der Waals surface area contributed by atoms with Gasteiger partial charge in [0.15, 0.2) is 9.84 Å². The predicted octanol–water partition coefficient (Wildman–Crippen LogP) is -0.877. The van der Waals surface area contributed by atoms with Gasteiger partial charge >= 0.3 is 0 Å². The summed E-state index contributed by atoms with van der Waals surface area (Å²) in [4.78, 5) is 0.0431. The Balaban J connectivity index is 2.20. The van der Waals surface area contributed by atoms with Crippen molar-refractivity contribution < 1.29 is 21.9 Å². The van der Waals surface area contributed by atoms with E-state index in [1.165, 1.54) is 12.1 Å². The predicted molar refractivity (Wildman–Crippen MR) is 65.2 cm³/mol. The Morgan fingerprint density at radius 1 is 1.17 bits per heavy atom. The van der Waals surface area contributed by atoms with Crippen molar-refractivity contribution in [1.29, 1.82) is 0 Å². The van der Waals surface area contributed by atoms with Crippen molar-refractivity contribution in [3.05, 3.63) is 30.3 Å². The van der Waals surface area contributed by atoms with Gasteiger partial charge in [0, 0.05) is 0 Å². The lowest BCUT2D eigenvalue weighted by Gasteiger charge is -2.14. The number of sulfonamides is 1. The maximum atomic E-state index is 11.9. The second-order valence-electron chi connectivity index (χ2n) is 4.19. The van der Waals surface area contributed by atoms with Crippen LogP contribution in [-0.4, -0.2) is 45.6 Å². The number of benzene rings is 1. The second-order valence-corrected chi connectivity index (χ2v) is 8.05. The van der Waals surface area contributed by atoms with Gasteiger partial charge in [-0.1, -0.05) is 18.2 Å². The molecule has 0 spiro atoms. The topological polar surface area (TPSA) is 101 Å². The summed E-state index contributed by atoms with van der Waals surface area (Å²) < 4.78 is 48.6. The molecule has 2 N–H and O–H groups in total. The van der Waals surface area contributed by atoms with Crippen molar-refractivity contribution in [2.45, 2.75) is 17.0 Å². The van der Waals surface area contributed by atoms with E-state index in [-0.39, 0.29) is 10.6 Å². The molecule has 0 aliphatic carbocycles. The zero-order valence-corrected chi connectivity index (χ0v) is 11.0. The van der Waals surface area contributed by atoms with Crippen LogP contribution in [0, 0.1) is 0 Å². The largest absolute Gasteiger partial charge is 0.390 e. The van der Waals surface area contributed by atoms with Crippen LogP contribution in [0.2, 0.25) is 0 Å². The molecule has 1 saturated heterocycles. The molecule has 0 radical (unpaired) electrons. The smallest absolute Gasteiger partial charge is 0.240 e. The molecule has 1 heterocycles. The van der Waals surface area contributed by atoms with Gasteiger partial charge < -0.3 is 5.11 Å². The lowest BCUT2D eigenvalue weighted by atomic mass is 10.2. The Kier molecular flexibility index (Phi) is 3.45. The van der Waals surface area contributed by atoms with Crippen LogP contribution in [0.25, 0.3) is 0 Å². The Morgan fingerprint density at radius 2 is 1.78 bits per heavy atom. The van der Waals surface area contributed by atoms with Crippen molar-refractivity contribution in [2.24, 2.45) is 0 Å². The molecule has 0 aromatic heterocycles. The number of nitrogens with one attached hydrogen (secondary N) is 1. The van der Waals surface area contributed by atoms with Crippen molar-refractivity contribution in [1.82, 2.24) is 4.72 Å². The summed E-state index contributed by atoms with van der Waals surface area (Å²) in [6.45, 7) is 0. The van der Waals surface area contributed by atoms with Gasteiger partial charge in [0.25, 0.3) is 0 Å². The number of hydrogen-bond donors (Lipinski definition) is 2. The first-order valence-corrected chi connectivity index (χ1v) is 8.56. The minimum atomic E-state index is -3.80. The fourth-order valence-corrected chi connectivity index (χ4v) is 4.95. The molecule has 1 fully saturated rings. The van der Waals surface area contributed by atoms with Gasteiger partial charge in [-0.3, -0.25) is 0 Å². The van der Waals surface area contributed by atoms with Gasteiger partial charge in [-0.05, 0) is 12.1 Å². The summed E-state index contributed by atoms with van der Waals surface area (Å²) in [5.74, 6) is -0.783. The first-order chi connectivity index (χ1) is 8.30. The van der Waals surface area contributed by atoms with Crippen molar-refractivity contribution >= 4 is 19.9 Å². The molecule has 8 heteroatoms. The summed E-state index contributed by atoms with van der Waals surface area (Å²) in [5, 5.41) is 9.53. The van der Waals surface area contributed by atoms with E-state index in [9.17, 15) is 21.9 Å². The molecule has 6 nitrogen and oxygen atoms in total. The van der Waals surface area contributed by atoms with Gasteiger partial charge in [-0.25, -0.2) is 21.6 Å². The van der Waals surface area contributed by atoms with E-state index in [2.05, 4.69) is 4.72 Å². The Labute approximate surface area is 106 Å². The molecule has 0 saturated carbocycles. The monoisotopic (exact) mass is 291 g/mol. The first-order valence-electron chi connectivity index (χ1n) is 5.26. The van der Waals surface area contributed by atoms with E-state index in [1.54, 1.807) is 18.2 Å². The molecule has 1 aliphatic heterocycles. The van der Waals surface area contributed by atoms with Gasteiger partial charge in [0.2, 0.25) is 10.0 Å². The molecular weight excluding hydrogens is 278 g/mol. The maximum absolute atomic E-state index is 11.9. The average molecular weight is 291 g/mol. The van der Waals surface area contributed by atoms with Crippen LogP contribution in [0.5, 0.6) is 0 Å². The van der Waals surface area contributed by atoms with Crippen LogP contribution in [0.3, 0.4) is 0 Å². The molecule has 2 atom stereocenters. The average Bonchev–Trinajstić information content (AvgIpc) is 2.52. The number of sulfone groups is 1. The number of aliphatic hydroxyl groups is 1. The van der Waals surface area contributed by atoms with Crippen molar-refractivity contribution in [3.8, 4) is 0 Å². The van der Waals surface area contributed by atoms with Gasteiger partial charge in [-0.15, -0.1) is 0 Å². The summed E-state index contributed by atoms with van der Waals surface area (Å²) in [7, 11) is -7.18. The molecule has 1 aromatic carbocycles. The number of hydrogen-bond acceptors (Lipinski definition) is 5. The second kappa shape index (κ2) is 4.61. The summed E-state index contributed by atoms with van der Waals surface area (Å²) in [6, 6.07) is 6.62. The fraction of sp³-hybridized carbons (Fsp3) is 0.400. The summed E-state index contributed by atoms with van der Waals surface area (Å²) >= 11 is 0. The van der Waals surface area contributed by atoms with Gasteiger partial charge in [0.05, 0.1) is 28.5 Å². The summed E-state index contributed by atoms with van der Waals surface area (Å²) in [5.41, 5.74) is 0. The van der Waals surface area contributed by atoms with Crippen molar-refractivity contribution in [2.75, 3.05) is 11.5 Å². The number of aliphatic hydroxyl groups excluding tert-OH is 1. The Bertz CT molecular complexity index is 623. The van der Waals surface area contributed by atoms with E-state index in [0.717, 1.165) is 0 Å². The molecule has 1 aromatic rings. The normalized spacial score (nSPS) is 27.2. The van der Waals surface area contributed by atoms with Crippen LogP contribution >= 0.6 is 0 Å². The highest BCUT2D eigenvalue weighted by atomic mass is 32.2. The highest BCUT2D eigenvalue weighted by Crippen LogP contribution is 2.16. The molecule has 0 unspecified atom stereocenters. The van der Waals surface area contributed by atoms with Gasteiger partial charge in [0.1, 0.15) is 0 Å².